The molecule has 0 spiro atoms. The minimum atomic E-state index is -3.52. The Morgan fingerprint density at radius 3 is 2.58 bits per heavy atom. The lowest BCUT2D eigenvalue weighted by Crippen LogP contribution is -2.28. The van der Waals surface area contributed by atoms with Gasteiger partial charge in [0.05, 0.1) is 4.90 Å². The minimum Gasteiger partial charge on any atom is -0.267 e. The molecule has 24 heavy (non-hydrogen) atoms. The third-order valence-corrected chi connectivity index (χ3v) is 5.75. The number of hydrogen-bond acceptors (Lipinski definition) is 4. The minimum absolute atomic E-state index is 0.153. The topological polar surface area (TPSA) is 78.8 Å². The first-order chi connectivity index (χ1) is 11.3. The van der Waals surface area contributed by atoms with Gasteiger partial charge in [0.25, 0.3) is 5.91 Å². The second kappa shape index (κ2) is 7.90. The molecule has 1 fully saturated rings. The van der Waals surface area contributed by atoms with Gasteiger partial charge >= 0.3 is 0 Å². The number of hydrazone groups is 1. The summed E-state index contributed by atoms with van der Waals surface area (Å²) in [5.74, 6) is 0.0520. The van der Waals surface area contributed by atoms with Gasteiger partial charge in [0.15, 0.2) is 0 Å². The second-order valence-electron chi connectivity index (χ2n) is 6.53. The van der Waals surface area contributed by atoms with Crippen molar-refractivity contribution in [2.24, 2.45) is 11.0 Å². The molecule has 0 radical (unpaired) electrons. The van der Waals surface area contributed by atoms with Crippen LogP contribution in [0, 0.1) is 5.92 Å². The molecular weight excluding hydrogens is 326 g/mol. The van der Waals surface area contributed by atoms with E-state index in [9.17, 15) is 13.2 Å². The Bertz CT molecular complexity index is 720. The van der Waals surface area contributed by atoms with E-state index in [1.54, 1.807) is 12.1 Å². The van der Waals surface area contributed by atoms with E-state index in [1.165, 1.54) is 16.4 Å². The smallest absolute Gasteiger partial charge is 0.267 e. The molecule has 1 amide bonds. The molecule has 1 aromatic rings. The van der Waals surface area contributed by atoms with E-state index in [4.69, 9.17) is 0 Å². The van der Waals surface area contributed by atoms with Crippen LogP contribution in [-0.2, 0) is 10.0 Å². The van der Waals surface area contributed by atoms with Crippen LogP contribution in [0.5, 0.6) is 0 Å². The average Bonchev–Trinajstić information content (AvgIpc) is 3.07. The normalized spacial score (nSPS) is 16.6. The Hall–Kier alpha value is -1.73. The quantitative estimate of drug-likeness (QED) is 0.632. The van der Waals surface area contributed by atoms with Crippen molar-refractivity contribution in [1.82, 2.24) is 9.73 Å². The molecule has 1 N–H and O–H groups in total. The van der Waals surface area contributed by atoms with Gasteiger partial charge in [0.2, 0.25) is 10.0 Å². The van der Waals surface area contributed by atoms with E-state index in [1.807, 2.05) is 6.92 Å². The zero-order valence-corrected chi connectivity index (χ0v) is 15.3. The second-order valence-corrected chi connectivity index (χ2v) is 8.46. The molecule has 1 heterocycles. The van der Waals surface area contributed by atoms with Crippen molar-refractivity contribution in [3.05, 3.63) is 29.8 Å². The lowest BCUT2D eigenvalue weighted by Gasteiger charge is -2.15. The number of hydrogen-bond donors (Lipinski definition) is 1. The Balaban J connectivity index is 2.13. The highest BCUT2D eigenvalue weighted by Crippen LogP contribution is 2.21. The van der Waals surface area contributed by atoms with E-state index in [0.29, 0.717) is 19.0 Å². The van der Waals surface area contributed by atoms with Gasteiger partial charge in [-0.2, -0.15) is 9.41 Å². The molecule has 1 aliphatic rings. The van der Waals surface area contributed by atoms with Crippen molar-refractivity contribution in [1.29, 1.82) is 0 Å². The third-order valence-electron chi connectivity index (χ3n) is 3.85. The Kier molecular flexibility index (Phi) is 6.12. The zero-order chi connectivity index (χ0) is 17.7. The molecule has 0 bridgehead atoms. The van der Waals surface area contributed by atoms with Gasteiger partial charge in [-0.05, 0) is 50.3 Å². The molecule has 0 aliphatic carbocycles. The number of rotatable bonds is 6. The molecule has 132 valence electrons. The van der Waals surface area contributed by atoms with E-state index >= 15 is 0 Å². The molecule has 0 unspecified atom stereocenters. The van der Waals surface area contributed by atoms with Crippen LogP contribution in [-0.4, -0.2) is 37.4 Å². The van der Waals surface area contributed by atoms with Crippen molar-refractivity contribution in [2.45, 2.75) is 44.9 Å². The fourth-order valence-electron chi connectivity index (χ4n) is 2.72. The number of nitrogens with zero attached hydrogens (tertiary/aromatic N) is 2. The number of nitrogens with one attached hydrogen (secondary N) is 1. The molecule has 1 aromatic carbocycles. The Morgan fingerprint density at radius 2 is 1.96 bits per heavy atom. The van der Waals surface area contributed by atoms with Crippen molar-refractivity contribution in [3.8, 4) is 0 Å². The lowest BCUT2D eigenvalue weighted by atomic mass is 10.1. The Morgan fingerprint density at radius 1 is 1.29 bits per heavy atom. The molecule has 0 atom stereocenters. The van der Waals surface area contributed by atoms with Crippen LogP contribution in [0.15, 0.2) is 34.3 Å². The van der Waals surface area contributed by atoms with E-state index in [0.717, 1.165) is 25.0 Å². The first-order valence-corrected chi connectivity index (χ1v) is 9.68. The van der Waals surface area contributed by atoms with Crippen LogP contribution in [0.3, 0.4) is 0 Å². The summed E-state index contributed by atoms with van der Waals surface area (Å²) in [5.41, 5.74) is 3.61. The lowest BCUT2D eigenvalue weighted by molar-refractivity contribution is 0.0954. The summed E-state index contributed by atoms with van der Waals surface area (Å²) in [7, 11) is -3.52. The van der Waals surface area contributed by atoms with Crippen molar-refractivity contribution < 1.29 is 13.2 Å². The van der Waals surface area contributed by atoms with Crippen molar-refractivity contribution in [3.63, 3.8) is 0 Å². The van der Waals surface area contributed by atoms with Gasteiger partial charge in [-0.25, -0.2) is 13.8 Å². The van der Waals surface area contributed by atoms with Crippen LogP contribution in [0.4, 0.5) is 0 Å². The summed E-state index contributed by atoms with van der Waals surface area (Å²) in [5, 5.41) is 4.07. The summed E-state index contributed by atoms with van der Waals surface area (Å²) in [6.45, 7) is 7.09. The highest BCUT2D eigenvalue weighted by molar-refractivity contribution is 7.89. The van der Waals surface area contributed by atoms with Gasteiger partial charge in [0.1, 0.15) is 0 Å². The van der Waals surface area contributed by atoms with Gasteiger partial charge in [-0.15, -0.1) is 0 Å². The Labute approximate surface area is 144 Å². The monoisotopic (exact) mass is 351 g/mol. The number of carbonyl (C=O) groups is 1. The maximum Gasteiger partial charge on any atom is 0.271 e. The third kappa shape index (κ3) is 4.64. The molecule has 1 aliphatic heterocycles. The molecular formula is C17H25N3O3S. The van der Waals surface area contributed by atoms with Crippen LogP contribution in [0.2, 0.25) is 0 Å². The molecule has 0 saturated carbocycles. The molecule has 7 heteroatoms. The van der Waals surface area contributed by atoms with Crippen molar-refractivity contribution >= 4 is 21.6 Å². The van der Waals surface area contributed by atoms with Crippen LogP contribution < -0.4 is 5.43 Å². The van der Waals surface area contributed by atoms with E-state index in [-0.39, 0.29) is 10.5 Å². The highest BCUT2D eigenvalue weighted by Gasteiger charge is 2.27. The van der Waals surface area contributed by atoms with Gasteiger partial charge in [0, 0.05) is 24.4 Å². The van der Waals surface area contributed by atoms with Crippen LogP contribution >= 0.6 is 0 Å². The summed E-state index contributed by atoms with van der Waals surface area (Å²) in [6.07, 6.45) is 2.55. The summed E-state index contributed by atoms with van der Waals surface area (Å²) < 4.78 is 26.6. The first kappa shape index (κ1) is 18.6. The number of benzene rings is 1. The maximum absolute atomic E-state index is 12.6. The predicted molar refractivity (Wildman–Crippen MR) is 94.5 cm³/mol. The zero-order valence-electron chi connectivity index (χ0n) is 14.4. The summed E-state index contributed by atoms with van der Waals surface area (Å²) in [6, 6.07) is 6.11. The summed E-state index contributed by atoms with van der Waals surface area (Å²) >= 11 is 0. The predicted octanol–water partition coefficient (Wildman–Crippen LogP) is 2.62. The van der Waals surface area contributed by atoms with Crippen molar-refractivity contribution in [2.75, 3.05) is 13.1 Å². The van der Waals surface area contributed by atoms with Gasteiger partial charge < -0.3 is 0 Å². The maximum atomic E-state index is 12.6. The van der Waals surface area contributed by atoms with Crippen LogP contribution in [0.25, 0.3) is 0 Å². The fraction of sp³-hybridized carbons (Fsp3) is 0.529. The van der Waals surface area contributed by atoms with Crippen LogP contribution in [0.1, 0.15) is 50.4 Å². The number of carbonyl (C=O) groups excluding carboxylic acids is 1. The van der Waals surface area contributed by atoms with Gasteiger partial charge in [-0.1, -0.05) is 19.9 Å². The number of amides is 1. The molecule has 2 rings (SSSR count). The molecule has 6 nitrogen and oxygen atoms in total. The van der Waals surface area contributed by atoms with E-state index in [2.05, 4.69) is 24.4 Å². The van der Waals surface area contributed by atoms with Gasteiger partial charge in [-0.3, -0.25) is 4.79 Å². The highest BCUT2D eigenvalue weighted by atomic mass is 32.2. The SMILES string of the molecule is C/C(CC(C)C)=N\NC(=O)c1cccc(S(=O)(=O)N2CCCC2)c1. The summed E-state index contributed by atoms with van der Waals surface area (Å²) in [4.78, 5) is 12.4. The standard InChI is InChI=1S/C17H25N3O3S/c1-13(2)11-14(3)18-19-17(21)15-7-6-8-16(12-15)24(22,23)20-9-4-5-10-20/h6-8,12-13H,4-5,9-11H2,1-3H3,(H,19,21)/b18-14+. The number of sulfonamides is 1. The van der Waals surface area contributed by atoms with E-state index < -0.39 is 15.9 Å². The average molecular weight is 351 g/mol. The molecule has 1 saturated heterocycles. The fourth-order valence-corrected chi connectivity index (χ4v) is 4.29. The largest absolute Gasteiger partial charge is 0.271 e. The molecule has 0 aromatic heterocycles. The first-order valence-electron chi connectivity index (χ1n) is 8.24.